The Morgan fingerprint density at radius 1 is 0.479 bits per heavy atom. The van der Waals surface area contributed by atoms with Crippen molar-refractivity contribution in [2.45, 2.75) is 161 Å². The second-order valence-electron chi connectivity index (χ2n) is 16.4. The number of nitrogens with zero attached hydrogens (tertiary/aromatic N) is 1. The Labute approximate surface area is 415 Å². The van der Waals surface area contributed by atoms with Gasteiger partial charge in [-0.25, -0.2) is 0 Å². The molecule has 15 atom stereocenters. The Hall–Kier alpha value is -7.08. The first kappa shape index (κ1) is 58.5. The van der Waals surface area contributed by atoms with Gasteiger partial charge in [-0.05, 0) is 6.07 Å². The monoisotopic (exact) mass is 1040 g/mol. The third kappa shape index (κ3) is 17.0. The molecule has 73 heavy (non-hydrogen) atoms. The summed E-state index contributed by atoms with van der Waals surface area (Å²) >= 11 is 0. The quantitative estimate of drug-likeness (QED) is 0.0704. The second kappa shape index (κ2) is 26.6. The molecule has 29 nitrogen and oxygen atoms in total. The van der Waals surface area contributed by atoms with Crippen molar-refractivity contribution in [1.82, 2.24) is 10.6 Å². The number of para-hydroxylation sites is 2. The molecular weight excluding hydrogens is 986 g/mol. The van der Waals surface area contributed by atoms with Crippen LogP contribution in [0.3, 0.4) is 0 Å². The predicted octanol–water partition coefficient (Wildman–Crippen LogP) is -0.724. The highest BCUT2D eigenvalue weighted by atomic mass is 16.8. The van der Waals surface area contributed by atoms with Crippen molar-refractivity contribution in [2.75, 3.05) is 19.8 Å². The van der Waals surface area contributed by atoms with Gasteiger partial charge in [0.05, 0.1) is 11.5 Å². The standard InChI is InChI=1S/C44H57N3O26/c1-18(48)45-33-38(65-24(7)54)36(73-44-41(68-27(10)57)40(67-26(9)56)37(64-23(6)53)31(72-44)16-61-21(4)51)30(15-60-20(3)50)70-42(33)62-17-32-35(63-22(5)52)39(66-25(8)55)34(46-19(2)49)43(71-32)69-29-14-12-11-13-28(29)47(58)59/h11-14,30-44H,15-17H2,1-10H3,(H,45,48)(H,46,49)/t30-,31-,32-,33-,34-,35+,36-,37+,38-,39-,40+,41-,42-,43+,44+/m1/s1. The Morgan fingerprint density at radius 3 is 1.34 bits per heavy atom. The maximum Gasteiger partial charge on any atom is 0.311 e. The van der Waals surface area contributed by atoms with E-state index in [9.17, 15) is 58.1 Å². The smallest absolute Gasteiger partial charge is 0.311 e. The molecule has 4 rings (SSSR count). The highest BCUT2D eigenvalue weighted by Gasteiger charge is 2.58. The summed E-state index contributed by atoms with van der Waals surface area (Å²) in [5, 5.41) is 17.0. The maximum absolute atomic E-state index is 13.0. The summed E-state index contributed by atoms with van der Waals surface area (Å²) in [5.74, 6) is -9.48. The molecule has 2 amide bonds. The molecule has 3 fully saturated rings. The zero-order valence-electron chi connectivity index (χ0n) is 41.2. The minimum absolute atomic E-state index is 0.374. The van der Waals surface area contributed by atoms with Crippen LogP contribution < -0.4 is 15.4 Å². The zero-order chi connectivity index (χ0) is 54.4. The number of hydrogen-bond donors (Lipinski definition) is 2. The lowest BCUT2D eigenvalue weighted by atomic mass is 9.94. The largest absolute Gasteiger partial charge is 0.463 e. The number of nitrogens with one attached hydrogen (secondary N) is 2. The fourth-order valence-electron chi connectivity index (χ4n) is 7.93. The van der Waals surface area contributed by atoms with E-state index in [0.29, 0.717) is 0 Å². The van der Waals surface area contributed by atoms with Crippen LogP contribution in [0.15, 0.2) is 24.3 Å². The van der Waals surface area contributed by atoms with Crippen molar-refractivity contribution in [2.24, 2.45) is 0 Å². The zero-order valence-corrected chi connectivity index (χ0v) is 41.2. The topological polar surface area (TPSA) is 367 Å². The number of ether oxygens (including phenoxy) is 14. The van der Waals surface area contributed by atoms with Gasteiger partial charge in [0.1, 0.15) is 49.7 Å². The molecule has 29 heteroatoms. The third-order valence-electron chi connectivity index (χ3n) is 10.4. The molecule has 2 N–H and O–H groups in total. The van der Waals surface area contributed by atoms with E-state index in [1.807, 2.05) is 0 Å². The fraction of sp³-hybridized carbons (Fsp3) is 0.636. The first-order valence-corrected chi connectivity index (χ1v) is 22.2. The molecule has 3 heterocycles. The lowest BCUT2D eigenvalue weighted by Crippen LogP contribution is -2.70. The van der Waals surface area contributed by atoms with Crippen LogP contribution in [0.1, 0.15) is 69.2 Å². The Bertz CT molecular complexity index is 2220. The molecule has 404 valence electrons. The molecule has 0 spiro atoms. The maximum atomic E-state index is 13.0. The number of carbonyl (C=O) groups is 10. The predicted molar refractivity (Wildman–Crippen MR) is 232 cm³/mol. The normalized spacial score (nSPS) is 29.6. The van der Waals surface area contributed by atoms with E-state index >= 15 is 0 Å². The van der Waals surface area contributed by atoms with Gasteiger partial charge >= 0.3 is 53.4 Å². The van der Waals surface area contributed by atoms with Crippen LogP contribution in [0.5, 0.6) is 5.75 Å². The van der Waals surface area contributed by atoms with E-state index in [1.165, 1.54) is 18.2 Å². The van der Waals surface area contributed by atoms with Crippen molar-refractivity contribution < 1.29 is 119 Å². The van der Waals surface area contributed by atoms with Gasteiger partial charge in [0.2, 0.25) is 18.1 Å². The van der Waals surface area contributed by atoms with Gasteiger partial charge in [-0.15, -0.1) is 0 Å². The molecule has 1 aromatic rings. The van der Waals surface area contributed by atoms with Crippen molar-refractivity contribution in [1.29, 1.82) is 0 Å². The van der Waals surface area contributed by atoms with Gasteiger partial charge < -0.3 is 76.9 Å². The molecule has 0 radical (unpaired) electrons. The van der Waals surface area contributed by atoms with E-state index in [4.69, 9.17) is 66.3 Å². The van der Waals surface area contributed by atoms with Crippen LogP contribution in [0.2, 0.25) is 0 Å². The molecule has 3 aliphatic heterocycles. The third-order valence-corrected chi connectivity index (χ3v) is 10.4. The summed E-state index contributed by atoms with van der Waals surface area (Å²) in [5.41, 5.74) is -0.545. The molecule has 0 aliphatic carbocycles. The van der Waals surface area contributed by atoms with Crippen LogP contribution in [0.25, 0.3) is 0 Å². The highest BCUT2D eigenvalue weighted by Crippen LogP contribution is 2.37. The summed E-state index contributed by atoms with van der Waals surface area (Å²) in [6.45, 7) is 7.90. The fourth-order valence-corrected chi connectivity index (χ4v) is 7.93. The number of hydrogen-bond acceptors (Lipinski definition) is 26. The van der Waals surface area contributed by atoms with Crippen LogP contribution in [0.4, 0.5) is 5.69 Å². The number of esters is 8. The minimum atomic E-state index is -1.96. The summed E-state index contributed by atoms with van der Waals surface area (Å²) < 4.78 is 81.1. The van der Waals surface area contributed by atoms with Crippen molar-refractivity contribution >= 4 is 65.3 Å². The van der Waals surface area contributed by atoms with Crippen LogP contribution >= 0.6 is 0 Å². The molecule has 3 saturated heterocycles. The van der Waals surface area contributed by atoms with E-state index in [-0.39, 0.29) is 5.75 Å². The molecule has 0 aromatic heterocycles. The van der Waals surface area contributed by atoms with E-state index in [0.717, 1.165) is 75.3 Å². The second-order valence-corrected chi connectivity index (χ2v) is 16.4. The van der Waals surface area contributed by atoms with Crippen molar-refractivity contribution in [3.8, 4) is 5.75 Å². The summed E-state index contributed by atoms with van der Waals surface area (Å²) in [7, 11) is 0. The van der Waals surface area contributed by atoms with Gasteiger partial charge in [-0.2, -0.15) is 0 Å². The van der Waals surface area contributed by atoms with Gasteiger partial charge in [-0.3, -0.25) is 58.1 Å². The lowest BCUT2D eigenvalue weighted by Gasteiger charge is -2.49. The summed E-state index contributed by atoms with van der Waals surface area (Å²) in [6, 6.07) is 1.86. The van der Waals surface area contributed by atoms with Gasteiger partial charge in [-0.1, -0.05) is 12.1 Å². The molecule has 1 aromatic carbocycles. The summed E-state index contributed by atoms with van der Waals surface area (Å²) in [6.07, 6.45) is -22.5. The first-order chi connectivity index (χ1) is 34.2. The Kier molecular flexibility index (Phi) is 21.3. The number of benzene rings is 1. The lowest BCUT2D eigenvalue weighted by molar-refractivity contribution is -0.386. The SMILES string of the molecule is CC(=O)N[C@H]1[C@@H](Oc2ccccc2[N+](=O)[O-])O[C@H](CO[C@@H]2O[C@H](COC(C)=O)[C@@H](O[C@@H]3O[C@H](COC(C)=O)[C@H](OC(C)=O)[C@H](OC(C)=O)[C@H]3OC(C)=O)[C@H](OC(C)=O)[C@H]2NC(C)=O)[C@H](OC(C)=O)[C@@H]1OC(C)=O. The molecule has 0 unspecified atom stereocenters. The average Bonchev–Trinajstić information content (AvgIpc) is 3.26. The Balaban J connectivity index is 1.86. The van der Waals surface area contributed by atoms with Crippen molar-refractivity contribution in [3.05, 3.63) is 34.4 Å². The number of nitro benzene ring substituents is 1. The van der Waals surface area contributed by atoms with Crippen molar-refractivity contribution in [3.63, 3.8) is 0 Å². The van der Waals surface area contributed by atoms with Crippen LogP contribution in [0, 0.1) is 10.1 Å². The van der Waals surface area contributed by atoms with E-state index < -0.39 is 182 Å². The van der Waals surface area contributed by atoms with Crippen LogP contribution in [-0.4, -0.2) is 176 Å². The summed E-state index contributed by atoms with van der Waals surface area (Å²) in [4.78, 5) is 137. The van der Waals surface area contributed by atoms with Gasteiger partial charge in [0, 0.05) is 75.3 Å². The van der Waals surface area contributed by atoms with Gasteiger partial charge in [0.15, 0.2) is 55.0 Å². The Morgan fingerprint density at radius 2 is 0.863 bits per heavy atom. The van der Waals surface area contributed by atoms with Gasteiger partial charge in [0.25, 0.3) is 0 Å². The number of rotatable bonds is 20. The molecule has 0 saturated carbocycles. The average molecular weight is 1040 g/mol. The van der Waals surface area contributed by atoms with E-state index in [1.54, 1.807) is 0 Å². The molecular formula is C44H57N3O26. The van der Waals surface area contributed by atoms with E-state index in [2.05, 4.69) is 10.6 Å². The highest BCUT2D eigenvalue weighted by molar-refractivity contribution is 5.74. The van der Waals surface area contributed by atoms with Crippen LogP contribution in [-0.2, 0) is 110 Å². The number of nitro groups is 1. The number of carbonyl (C=O) groups excluding carboxylic acids is 10. The number of amides is 2. The molecule has 3 aliphatic rings. The molecule has 0 bridgehead atoms. The first-order valence-electron chi connectivity index (χ1n) is 22.2. The minimum Gasteiger partial charge on any atom is -0.463 e.